The summed E-state index contributed by atoms with van der Waals surface area (Å²) in [7, 11) is 0. The van der Waals surface area contributed by atoms with Gasteiger partial charge in [0.1, 0.15) is 13.2 Å². The number of hydrogen-bond donors (Lipinski definition) is 0. The van der Waals surface area contributed by atoms with Gasteiger partial charge in [-0.15, -0.1) is 0 Å². The Kier molecular flexibility index (Phi) is 65.1. The Balaban J connectivity index is 4.15. The number of hydrogen-bond acceptors (Lipinski definition) is 6. The fraction of sp³-hybridized carbons (Fsp3) is 0.822. The number of esters is 3. The van der Waals surface area contributed by atoms with Crippen LogP contribution in [0.1, 0.15) is 367 Å². The van der Waals surface area contributed by atoms with E-state index >= 15 is 0 Å². The SMILES string of the molecule is CC/C=C\C/C=C\C/C=C\C/C=C\CCCCCCCCCCCCCCCCC(=O)OCC(COC(=O)CCCCCCC/C=C\CCC)OC(=O)CCCCCCCCCCCCCCCCCCCCCCCCCC. The number of ether oxygens (including phenoxy) is 3. The van der Waals surface area contributed by atoms with Crippen molar-refractivity contribution in [2.24, 2.45) is 0 Å². The molecule has 1 atom stereocenters. The maximum absolute atomic E-state index is 12.9. The zero-order valence-electron chi connectivity index (χ0n) is 52.9. The van der Waals surface area contributed by atoms with E-state index in [4.69, 9.17) is 14.2 Å². The molecule has 1 unspecified atom stereocenters. The van der Waals surface area contributed by atoms with Crippen LogP contribution in [0, 0.1) is 0 Å². The molecule has 0 aromatic heterocycles. The average molecular weight is 1110 g/mol. The van der Waals surface area contributed by atoms with Gasteiger partial charge in [-0.25, -0.2) is 0 Å². The van der Waals surface area contributed by atoms with Crippen molar-refractivity contribution in [1.29, 1.82) is 0 Å². The Morgan fingerprint density at radius 2 is 0.519 bits per heavy atom. The zero-order chi connectivity index (χ0) is 57.1. The fourth-order valence-corrected chi connectivity index (χ4v) is 10.3. The molecule has 0 saturated carbocycles. The number of unbranched alkanes of at least 4 members (excludes halogenated alkanes) is 43. The lowest BCUT2D eigenvalue weighted by Gasteiger charge is -2.18. The van der Waals surface area contributed by atoms with Crippen molar-refractivity contribution >= 4 is 17.9 Å². The first-order valence-corrected chi connectivity index (χ1v) is 34.8. The smallest absolute Gasteiger partial charge is 0.306 e. The van der Waals surface area contributed by atoms with Crippen LogP contribution in [-0.2, 0) is 28.6 Å². The summed E-state index contributed by atoms with van der Waals surface area (Å²) in [6, 6.07) is 0. The van der Waals surface area contributed by atoms with Gasteiger partial charge in [0.25, 0.3) is 0 Å². The van der Waals surface area contributed by atoms with E-state index in [0.717, 1.165) is 96.3 Å². The molecule has 0 aliphatic heterocycles. The van der Waals surface area contributed by atoms with Crippen molar-refractivity contribution in [1.82, 2.24) is 0 Å². The molecule has 0 bridgehead atoms. The second-order valence-electron chi connectivity index (χ2n) is 23.4. The molecule has 0 aromatic carbocycles. The van der Waals surface area contributed by atoms with E-state index in [0.29, 0.717) is 19.3 Å². The molecular formula is C73H132O6. The van der Waals surface area contributed by atoms with Gasteiger partial charge >= 0.3 is 17.9 Å². The van der Waals surface area contributed by atoms with Gasteiger partial charge in [-0.3, -0.25) is 14.4 Å². The molecule has 0 fully saturated rings. The summed E-state index contributed by atoms with van der Waals surface area (Å²) in [5, 5.41) is 0. The van der Waals surface area contributed by atoms with Crippen LogP contribution in [-0.4, -0.2) is 37.2 Å². The molecule has 79 heavy (non-hydrogen) atoms. The van der Waals surface area contributed by atoms with Crippen LogP contribution in [0.25, 0.3) is 0 Å². The number of carbonyl (C=O) groups excluding carboxylic acids is 3. The van der Waals surface area contributed by atoms with Crippen LogP contribution in [0.15, 0.2) is 60.8 Å². The summed E-state index contributed by atoms with van der Waals surface area (Å²) in [6.07, 6.45) is 86.9. The third kappa shape index (κ3) is 65.8. The molecule has 0 aliphatic rings. The van der Waals surface area contributed by atoms with Crippen LogP contribution in [0.3, 0.4) is 0 Å². The first-order valence-electron chi connectivity index (χ1n) is 34.8. The van der Waals surface area contributed by atoms with Crippen molar-refractivity contribution in [2.75, 3.05) is 13.2 Å². The van der Waals surface area contributed by atoms with Crippen molar-refractivity contribution < 1.29 is 28.6 Å². The van der Waals surface area contributed by atoms with Crippen molar-refractivity contribution in [2.45, 2.75) is 374 Å². The monoisotopic (exact) mass is 1110 g/mol. The van der Waals surface area contributed by atoms with Crippen LogP contribution in [0.2, 0.25) is 0 Å². The van der Waals surface area contributed by atoms with E-state index in [-0.39, 0.29) is 31.1 Å². The van der Waals surface area contributed by atoms with Crippen LogP contribution < -0.4 is 0 Å². The van der Waals surface area contributed by atoms with Gasteiger partial charge in [-0.2, -0.15) is 0 Å². The van der Waals surface area contributed by atoms with Gasteiger partial charge in [-0.1, -0.05) is 332 Å². The molecule has 0 radical (unpaired) electrons. The molecule has 0 N–H and O–H groups in total. The van der Waals surface area contributed by atoms with Gasteiger partial charge < -0.3 is 14.2 Å². The van der Waals surface area contributed by atoms with E-state index in [1.807, 2.05) is 0 Å². The summed E-state index contributed by atoms with van der Waals surface area (Å²) in [6.45, 7) is 6.52. The maximum atomic E-state index is 12.9. The van der Waals surface area contributed by atoms with Gasteiger partial charge in [-0.05, 0) is 77.0 Å². The van der Waals surface area contributed by atoms with Crippen molar-refractivity contribution in [3.63, 3.8) is 0 Å². The molecular weight excluding hydrogens is 973 g/mol. The molecule has 0 amide bonds. The number of allylic oxidation sites excluding steroid dienone is 10. The molecule has 6 nitrogen and oxygen atoms in total. The Hall–Kier alpha value is -2.89. The summed E-state index contributed by atoms with van der Waals surface area (Å²) in [4.78, 5) is 38.3. The van der Waals surface area contributed by atoms with Crippen LogP contribution >= 0.6 is 0 Å². The second-order valence-corrected chi connectivity index (χ2v) is 23.4. The quantitative estimate of drug-likeness (QED) is 0.0261. The van der Waals surface area contributed by atoms with Gasteiger partial charge in [0.15, 0.2) is 6.10 Å². The Morgan fingerprint density at radius 1 is 0.266 bits per heavy atom. The van der Waals surface area contributed by atoms with E-state index < -0.39 is 6.10 Å². The van der Waals surface area contributed by atoms with Crippen molar-refractivity contribution in [3.8, 4) is 0 Å². The minimum Gasteiger partial charge on any atom is -0.462 e. The topological polar surface area (TPSA) is 78.9 Å². The summed E-state index contributed by atoms with van der Waals surface area (Å²) in [5.74, 6) is -0.861. The molecule has 6 heteroatoms. The fourth-order valence-electron chi connectivity index (χ4n) is 10.3. The molecule has 460 valence electrons. The largest absolute Gasteiger partial charge is 0.462 e. The second kappa shape index (κ2) is 67.6. The lowest BCUT2D eigenvalue weighted by atomic mass is 10.0. The lowest BCUT2D eigenvalue weighted by Crippen LogP contribution is -2.30. The number of carbonyl (C=O) groups is 3. The first kappa shape index (κ1) is 76.1. The van der Waals surface area contributed by atoms with E-state index in [1.54, 1.807) is 0 Å². The summed E-state index contributed by atoms with van der Waals surface area (Å²) in [5.41, 5.74) is 0. The molecule has 0 aromatic rings. The van der Waals surface area contributed by atoms with Gasteiger partial charge in [0, 0.05) is 19.3 Å². The van der Waals surface area contributed by atoms with Gasteiger partial charge in [0.05, 0.1) is 0 Å². The van der Waals surface area contributed by atoms with E-state index in [1.165, 1.54) is 231 Å². The highest BCUT2D eigenvalue weighted by molar-refractivity contribution is 5.71. The highest BCUT2D eigenvalue weighted by atomic mass is 16.6. The Morgan fingerprint density at radius 3 is 0.835 bits per heavy atom. The van der Waals surface area contributed by atoms with Crippen LogP contribution in [0.5, 0.6) is 0 Å². The normalized spacial score (nSPS) is 12.4. The molecule has 0 aliphatic carbocycles. The third-order valence-electron chi connectivity index (χ3n) is 15.5. The van der Waals surface area contributed by atoms with Gasteiger partial charge in [0.2, 0.25) is 0 Å². The minimum atomic E-state index is -0.775. The Labute approximate surface area is 491 Å². The van der Waals surface area contributed by atoms with E-state index in [9.17, 15) is 14.4 Å². The summed E-state index contributed by atoms with van der Waals surface area (Å²) >= 11 is 0. The Bertz CT molecular complexity index is 1410. The first-order chi connectivity index (χ1) is 39.0. The third-order valence-corrected chi connectivity index (χ3v) is 15.5. The summed E-state index contributed by atoms with van der Waals surface area (Å²) < 4.78 is 16.9. The highest BCUT2D eigenvalue weighted by Crippen LogP contribution is 2.18. The average Bonchev–Trinajstić information content (AvgIpc) is 3.45. The van der Waals surface area contributed by atoms with Crippen molar-refractivity contribution in [3.05, 3.63) is 60.8 Å². The predicted molar refractivity (Wildman–Crippen MR) is 344 cm³/mol. The standard InChI is InChI=1S/C73H132O6/c1-4-7-10-13-16-19-22-24-26-28-30-32-34-36-37-38-40-41-43-45-47-49-51-54-57-60-63-66-72(75)78-69-70(68-77-71(74)65-62-59-56-53-21-18-15-12-9-6-3)79-73(76)67-64-61-58-55-52-50-48-46-44-42-39-35-33-31-29-27-25-23-20-17-14-11-8-5-2/h7,10,12,15-16,19,24,26,30,32,70H,4-6,8-9,11,13-14,17-18,20-23,25,27-29,31,33-69H2,1-3H3/b10-7-,15-12-,19-16-,26-24-,32-30-. The van der Waals surface area contributed by atoms with E-state index in [2.05, 4.69) is 81.5 Å². The van der Waals surface area contributed by atoms with Crippen LogP contribution in [0.4, 0.5) is 0 Å². The zero-order valence-corrected chi connectivity index (χ0v) is 52.9. The minimum absolute atomic E-state index is 0.0727. The maximum Gasteiger partial charge on any atom is 0.306 e. The molecule has 0 saturated heterocycles. The molecule has 0 heterocycles. The number of rotatable bonds is 64. The highest BCUT2D eigenvalue weighted by Gasteiger charge is 2.19. The molecule has 0 rings (SSSR count). The lowest BCUT2D eigenvalue weighted by molar-refractivity contribution is -0.167. The molecule has 0 spiro atoms. The predicted octanol–water partition coefficient (Wildman–Crippen LogP) is 23.9.